The van der Waals surface area contributed by atoms with Crippen molar-refractivity contribution in [3.63, 3.8) is 0 Å². The maximum Gasteiger partial charge on any atom is 0.221 e. The Labute approximate surface area is 118 Å². The summed E-state index contributed by atoms with van der Waals surface area (Å²) in [6.45, 7) is 6.12. The molecular weight excluding hydrogens is 262 g/mol. The molecule has 4 nitrogen and oxygen atoms in total. The number of alkyl halides is 1. The Morgan fingerprint density at radius 1 is 1.32 bits per heavy atom. The lowest BCUT2D eigenvalue weighted by atomic mass is 10.1. The number of nitrogens with zero attached hydrogens (tertiary/aromatic N) is 3. The second-order valence-electron chi connectivity index (χ2n) is 4.88. The molecule has 5 heteroatoms. The topological polar surface area (TPSA) is 39.9 Å². The maximum absolute atomic E-state index is 5.91. The summed E-state index contributed by atoms with van der Waals surface area (Å²) < 4.78 is 7.49. The number of aromatic nitrogens is 3. The first-order valence-electron chi connectivity index (χ1n) is 6.25. The second-order valence-corrected chi connectivity index (χ2v) is 5.14. The van der Waals surface area contributed by atoms with Crippen LogP contribution < -0.4 is 4.74 Å². The SMILES string of the molecule is Cc1cc(Oc2cc(CCl)cc(C(C)C)n2)n(C)n1. The molecule has 0 amide bonds. The monoisotopic (exact) mass is 279 g/mol. The zero-order chi connectivity index (χ0) is 14.0. The predicted octanol–water partition coefficient (Wildman–Crippen LogP) is 3.78. The van der Waals surface area contributed by atoms with E-state index in [4.69, 9.17) is 16.3 Å². The van der Waals surface area contributed by atoms with Gasteiger partial charge in [0.25, 0.3) is 0 Å². The highest BCUT2D eigenvalue weighted by molar-refractivity contribution is 6.17. The Balaban J connectivity index is 2.34. The van der Waals surface area contributed by atoms with Crippen molar-refractivity contribution in [1.82, 2.24) is 14.8 Å². The molecule has 19 heavy (non-hydrogen) atoms. The summed E-state index contributed by atoms with van der Waals surface area (Å²) in [6, 6.07) is 5.75. The van der Waals surface area contributed by atoms with Gasteiger partial charge in [0.1, 0.15) is 0 Å². The molecule has 2 rings (SSSR count). The molecule has 0 atom stereocenters. The van der Waals surface area contributed by atoms with Crippen LogP contribution in [0, 0.1) is 6.92 Å². The normalized spacial score (nSPS) is 11.1. The molecule has 0 bridgehead atoms. The lowest BCUT2D eigenvalue weighted by Gasteiger charge is -2.10. The van der Waals surface area contributed by atoms with Crippen molar-refractivity contribution in [3.05, 3.63) is 35.2 Å². The van der Waals surface area contributed by atoms with Crippen molar-refractivity contribution in [2.75, 3.05) is 0 Å². The van der Waals surface area contributed by atoms with E-state index in [9.17, 15) is 0 Å². The van der Waals surface area contributed by atoms with Crippen LogP contribution in [0.25, 0.3) is 0 Å². The lowest BCUT2D eigenvalue weighted by Crippen LogP contribution is -2.00. The quantitative estimate of drug-likeness (QED) is 0.800. The fraction of sp³-hybridized carbons (Fsp3) is 0.429. The van der Waals surface area contributed by atoms with E-state index < -0.39 is 0 Å². The minimum Gasteiger partial charge on any atom is -0.421 e. The van der Waals surface area contributed by atoms with Crippen LogP contribution in [0.5, 0.6) is 11.8 Å². The average Bonchev–Trinajstić information content (AvgIpc) is 2.67. The standard InChI is InChI=1S/C14H18ClN3O/c1-9(2)12-6-11(8-15)7-13(16-12)19-14-5-10(3)17-18(14)4/h5-7,9H,8H2,1-4H3. The summed E-state index contributed by atoms with van der Waals surface area (Å²) in [5.74, 6) is 2.01. The Morgan fingerprint density at radius 3 is 2.58 bits per heavy atom. The number of hydrogen-bond donors (Lipinski definition) is 0. The van der Waals surface area contributed by atoms with Crippen LogP contribution in [0.3, 0.4) is 0 Å². The zero-order valence-corrected chi connectivity index (χ0v) is 12.4. The summed E-state index contributed by atoms with van der Waals surface area (Å²) in [4.78, 5) is 4.50. The Hall–Kier alpha value is -1.55. The van der Waals surface area contributed by atoms with E-state index >= 15 is 0 Å². The molecule has 0 aromatic carbocycles. The molecule has 0 unspecified atom stereocenters. The van der Waals surface area contributed by atoms with Crippen LogP contribution in [0.2, 0.25) is 0 Å². The summed E-state index contributed by atoms with van der Waals surface area (Å²) in [5, 5.41) is 4.25. The molecule has 0 aliphatic rings. The smallest absolute Gasteiger partial charge is 0.221 e. The minimum atomic E-state index is 0.332. The molecule has 2 aromatic heterocycles. The molecule has 102 valence electrons. The van der Waals surface area contributed by atoms with E-state index in [1.807, 2.05) is 32.2 Å². The van der Waals surface area contributed by atoms with E-state index in [-0.39, 0.29) is 0 Å². The largest absolute Gasteiger partial charge is 0.421 e. The van der Waals surface area contributed by atoms with Crippen molar-refractivity contribution >= 4 is 11.6 Å². The summed E-state index contributed by atoms with van der Waals surface area (Å²) in [6.07, 6.45) is 0. The van der Waals surface area contributed by atoms with Gasteiger partial charge in [0.05, 0.1) is 5.69 Å². The van der Waals surface area contributed by atoms with Crippen LogP contribution in [0.1, 0.15) is 36.7 Å². The van der Waals surface area contributed by atoms with E-state index in [1.54, 1.807) is 4.68 Å². The van der Waals surface area contributed by atoms with Gasteiger partial charge >= 0.3 is 0 Å². The van der Waals surface area contributed by atoms with Gasteiger partial charge in [-0.25, -0.2) is 9.67 Å². The zero-order valence-electron chi connectivity index (χ0n) is 11.6. The molecule has 0 aliphatic heterocycles. The highest BCUT2D eigenvalue weighted by Crippen LogP contribution is 2.24. The third-order valence-electron chi connectivity index (χ3n) is 2.80. The number of pyridine rings is 1. The first-order valence-corrected chi connectivity index (χ1v) is 6.78. The first-order chi connectivity index (χ1) is 8.99. The van der Waals surface area contributed by atoms with Crippen molar-refractivity contribution in [3.8, 4) is 11.8 Å². The lowest BCUT2D eigenvalue weighted by molar-refractivity contribution is 0.413. The number of ether oxygens (including phenoxy) is 1. The summed E-state index contributed by atoms with van der Waals surface area (Å²) in [5.41, 5.74) is 2.90. The van der Waals surface area contributed by atoms with E-state index in [1.165, 1.54) is 0 Å². The number of rotatable bonds is 4. The molecule has 0 saturated carbocycles. The van der Waals surface area contributed by atoms with Gasteiger partial charge in [0.15, 0.2) is 0 Å². The molecule has 0 spiro atoms. The Bertz CT molecular complexity index is 578. The third-order valence-corrected chi connectivity index (χ3v) is 3.10. The van der Waals surface area contributed by atoms with Crippen LogP contribution in [0.4, 0.5) is 0 Å². The first kappa shape index (κ1) is 13.9. The van der Waals surface area contributed by atoms with Crippen molar-refractivity contribution in [2.24, 2.45) is 7.05 Å². The molecule has 2 aromatic rings. The van der Waals surface area contributed by atoms with Crippen LogP contribution in [-0.4, -0.2) is 14.8 Å². The fourth-order valence-corrected chi connectivity index (χ4v) is 1.95. The van der Waals surface area contributed by atoms with Crippen molar-refractivity contribution < 1.29 is 4.74 Å². The highest BCUT2D eigenvalue weighted by Gasteiger charge is 2.10. The van der Waals surface area contributed by atoms with E-state index in [0.29, 0.717) is 23.6 Å². The average molecular weight is 280 g/mol. The minimum absolute atomic E-state index is 0.332. The Morgan fingerprint density at radius 2 is 2.05 bits per heavy atom. The van der Waals surface area contributed by atoms with Gasteiger partial charge in [-0.1, -0.05) is 13.8 Å². The predicted molar refractivity (Wildman–Crippen MR) is 75.9 cm³/mol. The van der Waals surface area contributed by atoms with E-state index in [0.717, 1.165) is 17.0 Å². The van der Waals surface area contributed by atoms with Crippen LogP contribution in [-0.2, 0) is 12.9 Å². The number of hydrogen-bond acceptors (Lipinski definition) is 3. The molecule has 0 fully saturated rings. The van der Waals surface area contributed by atoms with Crippen LogP contribution in [0.15, 0.2) is 18.2 Å². The van der Waals surface area contributed by atoms with Gasteiger partial charge in [0, 0.05) is 30.8 Å². The molecule has 2 heterocycles. The van der Waals surface area contributed by atoms with E-state index in [2.05, 4.69) is 23.9 Å². The summed E-state index contributed by atoms with van der Waals surface area (Å²) >= 11 is 5.91. The van der Waals surface area contributed by atoms with Gasteiger partial charge in [0.2, 0.25) is 11.8 Å². The van der Waals surface area contributed by atoms with Gasteiger partial charge in [-0.3, -0.25) is 0 Å². The Kier molecular flexibility index (Phi) is 4.10. The van der Waals surface area contributed by atoms with Gasteiger partial charge < -0.3 is 4.74 Å². The number of halogens is 1. The van der Waals surface area contributed by atoms with Gasteiger partial charge in [-0.2, -0.15) is 5.10 Å². The van der Waals surface area contributed by atoms with Crippen LogP contribution >= 0.6 is 11.6 Å². The highest BCUT2D eigenvalue weighted by atomic mass is 35.5. The molecule has 0 aliphatic carbocycles. The summed E-state index contributed by atoms with van der Waals surface area (Å²) in [7, 11) is 1.84. The van der Waals surface area contributed by atoms with Crippen molar-refractivity contribution in [1.29, 1.82) is 0 Å². The molecule has 0 radical (unpaired) electrons. The van der Waals surface area contributed by atoms with Gasteiger partial charge in [-0.05, 0) is 24.5 Å². The molecule has 0 N–H and O–H groups in total. The second kappa shape index (κ2) is 5.61. The number of aryl methyl sites for hydroxylation is 2. The van der Waals surface area contributed by atoms with Crippen molar-refractivity contribution in [2.45, 2.75) is 32.6 Å². The fourth-order valence-electron chi connectivity index (χ4n) is 1.80. The third kappa shape index (κ3) is 3.26. The van der Waals surface area contributed by atoms with Gasteiger partial charge in [-0.15, -0.1) is 11.6 Å². The molecule has 0 saturated heterocycles. The maximum atomic E-state index is 5.91. The molecular formula is C14H18ClN3O.